The first-order valence-electron chi connectivity index (χ1n) is 6.06. The number of rotatable bonds is 6. The van der Waals surface area contributed by atoms with Crippen molar-refractivity contribution >= 4 is 39.3 Å². The summed E-state index contributed by atoms with van der Waals surface area (Å²) in [7, 11) is 0. The molecule has 7 heteroatoms. The molecule has 110 valence electrons. The van der Waals surface area contributed by atoms with Crippen molar-refractivity contribution < 1.29 is 14.3 Å². The third-order valence-electron chi connectivity index (χ3n) is 2.36. The fourth-order valence-corrected chi connectivity index (χ4v) is 2.52. The number of benzene rings is 1. The molecule has 1 aromatic rings. The highest BCUT2D eigenvalue weighted by molar-refractivity contribution is 9.10. The SMILES string of the molecule is CCNC(=O)CNC(=O)COc1c(C)cc(Br)cc1Cl. The molecule has 0 atom stereocenters. The maximum Gasteiger partial charge on any atom is 0.258 e. The summed E-state index contributed by atoms with van der Waals surface area (Å²) in [5, 5.41) is 5.46. The summed E-state index contributed by atoms with van der Waals surface area (Å²) >= 11 is 9.36. The lowest BCUT2D eigenvalue weighted by Crippen LogP contribution is -2.38. The lowest BCUT2D eigenvalue weighted by Gasteiger charge is -2.11. The van der Waals surface area contributed by atoms with Crippen molar-refractivity contribution in [3.63, 3.8) is 0 Å². The Balaban J connectivity index is 2.47. The molecule has 5 nitrogen and oxygen atoms in total. The second-order valence-corrected chi connectivity index (χ2v) is 5.38. The van der Waals surface area contributed by atoms with Gasteiger partial charge in [-0.1, -0.05) is 27.5 Å². The van der Waals surface area contributed by atoms with E-state index in [1.807, 2.05) is 13.0 Å². The van der Waals surface area contributed by atoms with E-state index < -0.39 is 0 Å². The zero-order valence-electron chi connectivity index (χ0n) is 11.3. The molecule has 0 radical (unpaired) electrons. The van der Waals surface area contributed by atoms with Crippen LogP contribution in [0.4, 0.5) is 0 Å². The van der Waals surface area contributed by atoms with Gasteiger partial charge in [0.2, 0.25) is 5.91 Å². The van der Waals surface area contributed by atoms with Crippen LogP contribution in [-0.2, 0) is 9.59 Å². The highest BCUT2D eigenvalue weighted by atomic mass is 79.9. The number of hydrogen-bond donors (Lipinski definition) is 2. The monoisotopic (exact) mass is 362 g/mol. The van der Waals surface area contributed by atoms with Gasteiger partial charge in [-0.05, 0) is 31.5 Å². The molecule has 2 amide bonds. The fourth-order valence-electron chi connectivity index (χ4n) is 1.50. The molecule has 20 heavy (non-hydrogen) atoms. The van der Waals surface area contributed by atoms with Gasteiger partial charge in [-0.15, -0.1) is 0 Å². The number of ether oxygens (including phenoxy) is 1. The van der Waals surface area contributed by atoms with Gasteiger partial charge < -0.3 is 15.4 Å². The molecule has 0 saturated carbocycles. The van der Waals surface area contributed by atoms with Crippen LogP contribution < -0.4 is 15.4 Å². The van der Waals surface area contributed by atoms with Gasteiger partial charge in [0.1, 0.15) is 5.75 Å². The molecule has 0 spiro atoms. The Kier molecular flexibility index (Phi) is 6.81. The van der Waals surface area contributed by atoms with Crippen LogP contribution in [0.3, 0.4) is 0 Å². The number of amides is 2. The van der Waals surface area contributed by atoms with Crippen LogP contribution in [0.1, 0.15) is 12.5 Å². The third-order valence-corrected chi connectivity index (χ3v) is 3.10. The molecule has 0 aliphatic rings. The average molecular weight is 364 g/mol. The van der Waals surface area contributed by atoms with Gasteiger partial charge in [0, 0.05) is 11.0 Å². The molecule has 0 aliphatic heterocycles. The summed E-state index contributed by atoms with van der Waals surface area (Å²) in [5.74, 6) is -0.156. The zero-order chi connectivity index (χ0) is 15.1. The van der Waals surface area contributed by atoms with E-state index in [1.54, 1.807) is 13.0 Å². The third kappa shape index (κ3) is 5.38. The molecule has 0 aromatic heterocycles. The second kappa shape index (κ2) is 8.11. The van der Waals surface area contributed by atoms with Crippen LogP contribution in [0.25, 0.3) is 0 Å². The van der Waals surface area contributed by atoms with Gasteiger partial charge in [0.15, 0.2) is 6.61 Å². The summed E-state index contributed by atoms with van der Waals surface area (Å²) in [4.78, 5) is 22.7. The molecule has 1 rings (SSSR count). The van der Waals surface area contributed by atoms with Crippen LogP contribution in [0, 0.1) is 6.92 Å². The van der Waals surface area contributed by atoms with E-state index in [-0.39, 0.29) is 25.0 Å². The van der Waals surface area contributed by atoms with E-state index in [4.69, 9.17) is 16.3 Å². The first kappa shape index (κ1) is 16.8. The molecule has 0 bridgehead atoms. The van der Waals surface area contributed by atoms with E-state index in [2.05, 4.69) is 26.6 Å². The Morgan fingerprint density at radius 2 is 2.00 bits per heavy atom. The maximum absolute atomic E-state index is 11.5. The zero-order valence-corrected chi connectivity index (χ0v) is 13.6. The number of likely N-dealkylation sites (N-methyl/N-ethyl adjacent to an activating group) is 1. The predicted octanol–water partition coefficient (Wildman–Crippen LogP) is 2.04. The van der Waals surface area contributed by atoms with Gasteiger partial charge in [-0.3, -0.25) is 9.59 Å². The summed E-state index contributed by atoms with van der Waals surface area (Å²) < 4.78 is 6.22. The van der Waals surface area contributed by atoms with Crippen molar-refractivity contribution in [2.45, 2.75) is 13.8 Å². The van der Waals surface area contributed by atoms with E-state index in [1.165, 1.54) is 0 Å². The molecule has 2 N–H and O–H groups in total. The van der Waals surface area contributed by atoms with E-state index in [0.29, 0.717) is 17.3 Å². The van der Waals surface area contributed by atoms with Crippen molar-refractivity contribution in [1.82, 2.24) is 10.6 Å². The molecular formula is C13H16BrClN2O3. The van der Waals surface area contributed by atoms with Crippen molar-refractivity contribution in [2.24, 2.45) is 0 Å². The second-order valence-electron chi connectivity index (χ2n) is 4.05. The first-order valence-corrected chi connectivity index (χ1v) is 7.23. The minimum Gasteiger partial charge on any atom is -0.482 e. The summed E-state index contributed by atoms with van der Waals surface area (Å²) in [5.41, 5.74) is 0.820. The number of halogens is 2. The number of nitrogens with one attached hydrogen (secondary N) is 2. The standard InChI is InChI=1S/C13H16BrClN2O3/c1-3-16-11(18)6-17-12(19)7-20-13-8(2)4-9(14)5-10(13)15/h4-5H,3,6-7H2,1-2H3,(H,16,18)(H,17,19). The number of carbonyl (C=O) groups excluding carboxylic acids is 2. The molecular weight excluding hydrogens is 348 g/mol. The molecule has 0 heterocycles. The minimum atomic E-state index is -0.380. The van der Waals surface area contributed by atoms with Crippen LogP contribution in [-0.4, -0.2) is 31.5 Å². The smallest absolute Gasteiger partial charge is 0.258 e. The number of hydrogen-bond acceptors (Lipinski definition) is 3. The van der Waals surface area contributed by atoms with Gasteiger partial charge in [-0.25, -0.2) is 0 Å². The quantitative estimate of drug-likeness (QED) is 0.813. The predicted molar refractivity (Wildman–Crippen MR) is 81.1 cm³/mol. The Morgan fingerprint density at radius 1 is 1.30 bits per heavy atom. The molecule has 0 unspecified atom stereocenters. The minimum absolute atomic E-state index is 0.0664. The van der Waals surface area contributed by atoms with Crippen molar-refractivity contribution in [3.8, 4) is 5.75 Å². The van der Waals surface area contributed by atoms with Crippen molar-refractivity contribution in [2.75, 3.05) is 19.7 Å². The molecule has 0 saturated heterocycles. The van der Waals surface area contributed by atoms with Crippen molar-refractivity contribution in [1.29, 1.82) is 0 Å². The highest BCUT2D eigenvalue weighted by Crippen LogP contribution is 2.31. The largest absolute Gasteiger partial charge is 0.482 e. The van der Waals surface area contributed by atoms with E-state index in [0.717, 1.165) is 10.0 Å². The van der Waals surface area contributed by atoms with Gasteiger partial charge in [-0.2, -0.15) is 0 Å². The Labute approximate surface area is 131 Å². The first-order chi connectivity index (χ1) is 9.43. The molecule has 0 aliphatic carbocycles. The molecule has 0 fully saturated rings. The number of aryl methyl sites for hydroxylation is 1. The lowest BCUT2D eigenvalue weighted by molar-refractivity contribution is -0.127. The van der Waals surface area contributed by atoms with Crippen LogP contribution in [0.2, 0.25) is 5.02 Å². The summed E-state index contributed by atoms with van der Waals surface area (Å²) in [6.07, 6.45) is 0. The van der Waals surface area contributed by atoms with Crippen molar-refractivity contribution in [3.05, 3.63) is 27.2 Å². The Hall–Kier alpha value is -1.27. The topological polar surface area (TPSA) is 67.4 Å². The van der Waals surface area contributed by atoms with Crippen LogP contribution >= 0.6 is 27.5 Å². The van der Waals surface area contributed by atoms with Crippen LogP contribution in [0.15, 0.2) is 16.6 Å². The average Bonchev–Trinajstić information content (AvgIpc) is 2.35. The van der Waals surface area contributed by atoms with E-state index >= 15 is 0 Å². The van der Waals surface area contributed by atoms with Gasteiger partial charge >= 0.3 is 0 Å². The Morgan fingerprint density at radius 3 is 2.60 bits per heavy atom. The van der Waals surface area contributed by atoms with Gasteiger partial charge in [0.25, 0.3) is 5.91 Å². The fraction of sp³-hybridized carbons (Fsp3) is 0.385. The lowest BCUT2D eigenvalue weighted by atomic mass is 10.2. The molecule has 1 aromatic carbocycles. The Bertz CT molecular complexity index is 485. The summed E-state index contributed by atoms with van der Waals surface area (Å²) in [6, 6.07) is 3.53. The maximum atomic E-state index is 11.5. The van der Waals surface area contributed by atoms with E-state index in [9.17, 15) is 9.59 Å². The highest BCUT2D eigenvalue weighted by Gasteiger charge is 2.10. The normalized spacial score (nSPS) is 10.0. The summed E-state index contributed by atoms with van der Waals surface area (Å²) in [6.45, 7) is 3.91. The number of carbonyl (C=O) groups is 2. The van der Waals surface area contributed by atoms with Crippen LogP contribution in [0.5, 0.6) is 5.75 Å². The van der Waals surface area contributed by atoms with Gasteiger partial charge in [0.05, 0.1) is 11.6 Å².